The number of carbonyl (C=O) groups is 2. The number of esters is 1. The SMILES string of the molecule is Cc1ccc2c(CC(=O)O[C@@H](C)C(=O)Nc3ccc(C#N)cc3)coc2c1C. The Labute approximate surface area is 162 Å². The van der Waals surface area contributed by atoms with E-state index < -0.39 is 18.0 Å². The third-order valence-corrected chi connectivity index (χ3v) is 4.64. The van der Waals surface area contributed by atoms with Crippen molar-refractivity contribution in [3.8, 4) is 6.07 Å². The molecule has 6 heteroatoms. The lowest BCUT2D eigenvalue weighted by Crippen LogP contribution is -2.30. The highest BCUT2D eigenvalue weighted by molar-refractivity contribution is 5.95. The van der Waals surface area contributed by atoms with Crippen LogP contribution in [0.5, 0.6) is 0 Å². The molecule has 0 aliphatic carbocycles. The molecule has 0 aliphatic rings. The molecule has 0 unspecified atom stereocenters. The number of rotatable bonds is 5. The van der Waals surface area contributed by atoms with E-state index >= 15 is 0 Å². The van der Waals surface area contributed by atoms with Gasteiger partial charge >= 0.3 is 5.97 Å². The Balaban J connectivity index is 1.62. The number of benzene rings is 2. The quantitative estimate of drug-likeness (QED) is 0.679. The normalized spacial score (nSPS) is 11.6. The number of ether oxygens (including phenoxy) is 1. The van der Waals surface area contributed by atoms with Gasteiger partial charge in [0, 0.05) is 16.6 Å². The maximum atomic E-state index is 12.3. The van der Waals surface area contributed by atoms with Crippen molar-refractivity contribution in [2.45, 2.75) is 33.3 Å². The molecule has 6 nitrogen and oxygen atoms in total. The van der Waals surface area contributed by atoms with Crippen LogP contribution in [0.3, 0.4) is 0 Å². The minimum atomic E-state index is -0.953. The molecule has 3 aromatic rings. The second kappa shape index (κ2) is 7.97. The van der Waals surface area contributed by atoms with E-state index in [9.17, 15) is 9.59 Å². The Kier molecular flexibility index (Phi) is 5.46. The summed E-state index contributed by atoms with van der Waals surface area (Å²) in [4.78, 5) is 24.5. The smallest absolute Gasteiger partial charge is 0.311 e. The van der Waals surface area contributed by atoms with Gasteiger partial charge in [-0.3, -0.25) is 9.59 Å². The van der Waals surface area contributed by atoms with E-state index in [0.717, 1.165) is 27.7 Å². The fourth-order valence-electron chi connectivity index (χ4n) is 2.85. The monoisotopic (exact) mass is 376 g/mol. The number of carbonyl (C=O) groups excluding carboxylic acids is 2. The first-order chi connectivity index (χ1) is 13.4. The molecule has 0 bridgehead atoms. The molecule has 0 spiro atoms. The first kappa shape index (κ1) is 19.2. The van der Waals surface area contributed by atoms with Crippen LogP contribution in [0.15, 0.2) is 47.1 Å². The van der Waals surface area contributed by atoms with Crippen molar-refractivity contribution in [1.29, 1.82) is 5.26 Å². The molecule has 2 aromatic carbocycles. The summed E-state index contributed by atoms with van der Waals surface area (Å²) in [6.07, 6.45) is 0.620. The third kappa shape index (κ3) is 4.04. The van der Waals surface area contributed by atoms with Gasteiger partial charge in [0.05, 0.1) is 24.3 Å². The number of nitrogens with zero attached hydrogens (tertiary/aromatic N) is 1. The van der Waals surface area contributed by atoms with E-state index in [0.29, 0.717) is 11.3 Å². The van der Waals surface area contributed by atoms with Gasteiger partial charge in [-0.1, -0.05) is 12.1 Å². The molecule has 1 N–H and O–H groups in total. The molecule has 1 aromatic heterocycles. The summed E-state index contributed by atoms with van der Waals surface area (Å²) in [6.45, 7) is 5.48. The largest absolute Gasteiger partial charge is 0.464 e. The molecular weight excluding hydrogens is 356 g/mol. The lowest BCUT2D eigenvalue weighted by atomic mass is 10.0. The average molecular weight is 376 g/mol. The lowest BCUT2D eigenvalue weighted by Gasteiger charge is -2.13. The number of nitrogens with one attached hydrogen (secondary N) is 1. The summed E-state index contributed by atoms with van der Waals surface area (Å²) in [7, 11) is 0. The van der Waals surface area contributed by atoms with Crippen molar-refractivity contribution in [2.75, 3.05) is 5.32 Å². The van der Waals surface area contributed by atoms with Crippen molar-refractivity contribution < 1.29 is 18.7 Å². The highest BCUT2D eigenvalue weighted by Crippen LogP contribution is 2.27. The van der Waals surface area contributed by atoms with Crippen molar-refractivity contribution in [2.24, 2.45) is 0 Å². The fraction of sp³-hybridized carbons (Fsp3) is 0.227. The number of aryl methyl sites for hydroxylation is 2. The first-order valence-corrected chi connectivity index (χ1v) is 8.86. The standard InChI is InChI=1S/C22H20N2O4/c1-13-4-9-19-17(12-27-21(19)14(13)2)10-20(25)28-15(3)22(26)24-18-7-5-16(11-23)6-8-18/h4-9,12,15H,10H2,1-3H3,(H,24,26)/t15-/m0/s1. The Morgan fingerprint density at radius 1 is 1.18 bits per heavy atom. The predicted molar refractivity (Wildman–Crippen MR) is 105 cm³/mol. The van der Waals surface area contributed by atoms with Crippen LogP contribution in [-0.2, 0) is 20.7 Å². The highest BCUT2D eigenvalue weighted by atomic mass is 16.5. The summed E-state index contributed by atoms with van der Waals surface area (Å²) in [5.74, 6) is -0.954. The Bertz CT molecular complexity index is 1070. The molecule has 0 aliphatic heterocycles. The number of amides is 1. The van der Waals surface area contributed by atoms with Gasteiger partial charge in [-0.25, -0.2) is 0 Å². The first-order valence-electron chi connectivity index (χ1n) is 8.86. The second-order valence-corrected chi connectivity index (χ2v) is 6.63. The van der Waals surface area contributed by atoms with Crippen LogP contribution in [0, 0.1) is 25.2 Å². The maximum Gasteiger partial charge on any atom is 0.311 e. The van der Waals surface area contributed by atoms with E-state index in [4.69, 9.17) is 14.4 Å². The molecule has 0 radical (unpaired) electrons. The molecule has 1 amide bonds. The van der Waals surface area contributed by atoms with E-state index in [1.54, 1.807) is 30.5 Å². The van der Waals surface area contributed by atoms with Gasteiger partial charge in [0.25, 0.3) is 5.91 Å². The Morgan fingerprint density at radius 3 is 2.57 bits per heavy atom. The molecule has 1 atom stereocenters. The summed E-state index contributed by atoms with van der Waals surface area (Å²) in [5, 5.41) is 12.3. The van der Waals surface area contributed by atoms with Crippen LogP contribution in [0.1, 0.15) is 29.2 Å². The van der Waals surface area contributed by atoms with E-state index in [1.807, 2.05) is 32.0 Å². The minimum absolute atomic E-state index is 0.0178. The number of hydrogen-bond donors (Lipinski definition) is 1. The van der Waals surface area contributed by atoms with Crippen LogP contribution >= 0.6 is 0 Å². The van der Waals surface area contributed by atoms with Crippen LogP contribution in [0.2, 0.25) is 0 Å². The van der Waals surface area contributed by atoms with Crippen molar-refractivity contribution >= 4 is 28.5 Å². The lowest BCUT2D eigenvalue weighted by molar-refractivity contribution is -0.152. The van der Waals surface area contributed by atoms with Crippen molar-refractivity contribution in [3.63, 3.8) is 0 Å². The Morgan fingerprint density at radius 2 is 1.89 bits per heavy atom. The second-order valence-electron chi connectivity index (χ2n) is 6.63. The highest BCUT2D eigenvalue weighted by Gasteiger charge is 2.20. The number of furan rings is 1. The number of fused-ring (bicyclic) bond motifs is 1. The molecule has 28 heavy (non-hydrogen) atoms. The van der Waals surface area contributed by atoms with Gasteiger partial charge in [-0.2, -0.15) is 5.26 Å². The average Bonchev–Trinajstić information content (AvgIpc) is 3.08. The number of anilines is 1. The van der Waals surface area contributed by atoms with Gasteiger partial charge in [-0.05, 0) is 56.2 Å². The minimum Gasteiger partial charge on any atom is -0.464 e. The van der Waals surface area contributed by atoms with Crippen LogP contribution in [-0.4, -0.2) is 18.0 Å². The van der Waals surface area contributed by atoms with Gasteiger partial charge in [0.2, 0.25) is 0 Å². The van der Waals surface area contributed by atoms with Gasteiger partial charge in [-0.15, -0.1) is 0 Å². The van der Waals surface area contributed by atoms with Crippen molar-refractivity contribution in [3.05, 3.63) is 64.9 Å². The fourth-order valence-corrected chi connectivity index (χ4v) is 2.85. The zero-order chi connectivity index (χ0) is 20.3. The summed E-state index contributed by atoms with van der Waals surface area (Å²) in [6, 6.07) is 12.3. The molecular formula is C22H20N2O4. The predicted octanol–water partition coefficient (Wildman–Crippen LogP) is 4.03. The molecule has 0 saturated carbocycles. The summed E-state index contributed by atoms with van der Waals surface area (Å²) < 4.78 is 10.9. The molecule has 1 heterocycles. The van der Waals surface area contributed by atoms with Crippen LogP contribution < -0.4 is 5.32 Å². The molecule has 0 saturated heterocycles. The third-order valence-electron chi connectivity index (χ3n) is 4.64. The van der Waals surface area contributed by atoms with Gasteiger partial charge < -0.3 is 14.5 Å². The van der Waals surface area contributed by atoms with Gasteiger partial charge in [0.15, 0.2) is 6.10 Å². The van der Waals surface area contributed by atoms with Crippen LogP contribution in [0.4, 0.5) is 5.69 Å². The molecule has 142 valence electrons. The molecule has 3 rings (SSSR count). The van der Waals surface area contributed by atoms with E-state index in [-0.39, 0.29) is 6.42 Å². The zero-order valence-electron chi connectivity index (χ0n) is 15.9. The summed E-state index contributed by atoms with van der Waals surface area (Å²) in [5.41, 5.74) is 4.65. The topological polar surface area (TPSA) is 92.3 Å². The maximum absolute atomic E-state index is 12.3. The van der Waals surface area contributed by atoms with Crippen molar-refractivity contribution in [1.82, 2.24) is 0 Å². The zero-order valence-corrected chi connectivity index (χ0v) is 15.9. The number of hydrogen-bond acceptors (Lipinski definition) is 5. The molecule has 0 fully saturated rings. The summed E-state index contributed by atoms with van der Waals surface area (Å²) >= 11 is 0. The van der Waals surface area contributed by atoms with E-state index in [1.165, 1.54) is 6.92 Å². The number of nitriles is 1. The Hall–Kier alpha value is -3.59. The van der Waals surface area contributed by atoms with E-state index in [2.05, 4.69) is 5.32 Å². The van der Waals surface area contributed by atoms with Gasteiger partial charge in [0.1, 0.15) is 5.58 Å². The van der Waals surface area contributed by atoms with Crippen LogP contribution in [0.25, 0.3) is 11.0 Å².